The average Bonchev–Trinajstić information content (AvgIpc) is 2.83. The smallest absolute Gasteiger partial charge is 0.129 e. The molecule has 0 unspecified atom stereocenters. The van der Waals surface area contributed by atoms with Gasteiger partial charge in [-0.1, -0.05) is 28.8 Å². The lowest BCUT2D eigenvalue weighted by Crippen LogP contribution is -2.35. The number of rotatable bonds is 4. The van der Waals surface area contributed by atoms with Crippen LogP contribution < -0.4 is 4.90 Å². The van der Waals surface area contributed by atoms with Crippen molar-refractivity contribution in [3.8, 4) is 0 Å². The van der Waals surface area contributed by atoms with Gasteiger partial charge in [0.2, 0.25) is 0 Å². The van der Waals surface area contributed by atoms with E-state index in [4.69, 9.17) is 4.98 Å². The van der Waals surface area contributed by atoms with Gasteiger partial charge in [0, 0.05) is 22.4 Å². The van der Waals surface area contributed by atoms with Crippen LogP contribution in [0.4, 0.5) is 5.82 Å². The average molecular weight is 362 g/mol. The minimum atomic E-state index is 0.681. The summed E-state index contributed by atoms with van der Waals surface area (Å²) in [5, 5.41) is 1.00. The second-order valence-electron chi connectivity index (χ2n) is 4.56. The van der Waals surface area contributed by atoms with E-state index in [1.54, 1.807) is 0 Å². The Hall–Kier alpha value is -0.0900. The first-order valence-corrected chi connectivity index (χ1v) is 8.09. The van der Waals surface area contributed by atoms with Crippen molar-refractivity contribution >= 4 is 37.7 Å². The van der Waals surface area contributed by atoms with Crippen molar-refractivity contribution in [2.75, 3.05) is 16.8 Å². The van der Waals surface area contributed by atoms with Crippen LogP contribution in [0.15, 0.2) is 16.6 Å². The third kappa shape index (κ3) is 3.22. The van der Waals surface area contributed by atoms with Gasteiger partial charge in [0.15, 0.2) is 0 Å². The fraction of sp³-hybridized carbons (Fsp3) is 0.615. The molecule has 1 heterocycles. The zero-order chi connectivity index (χ0) is 12.3. The molecule has 2 nitrogen and oxygen atoms in total. The lowest BCUT2D eigenvalue weighted by molar-refractivity contribution is 0.615. The summed E-state index contributed by atoms with van der Waals surface area (Å²) < 4.78 is 1.09. The maximum absolute atomic E-state index is 4.69. The molecule has 0 aliphatic heterocycles. The molecule has 4 heteroatoms. The summed E-state index contributed by atoms with van der Waals surface area (Å²) in [6, 6.07) is 4.91. The zero-order valence-corrected chi connectivity index (χ0v) is 13.3. The van der Waals surface area contributed by atoms with Gasteiger partial charge in [-0.2, -0.15) is 0 Å². The fourth-order valence-corrected chi connectivity index (χ4v) is 3.08. The Kier molecular flexibility index (Phi) is 4.86. The summed E-state index contributed by atoms with van der Waals surface area (Å²) in [6.07, 6.45) is 5.34. The van der Waals surface area contributed by atoms with Crippen LogP contribution in [0.5, 0.6) is 0 Å². The van der Waals surface area contributed by atoms with Gasteiger partial charge in [-0.15, -0.1) is 0 Å². The topological polar surface area (TPSA) is 16.1 Å². The molecule has 0 amide bonds. The number of alkyl halides is 1. The van der Waals surface area contributed by atoms with Crippen LogP contribution >= 0.6 is 31.9 Å². The second-order valence-corrected chi connectivity index (χ2v) is 6.20. The molecule has 0 aromatic carbocycles. The van der Waals surface area contributed by atoms with Gasteiger partial charge in [-0.25, -0.2) is 4.98 Å². The normalized spacial score (nSPS) is 16.4. The molecular formula is C13H18Br2N2. The van der Waals surface area contributed by atoms with Crippen molar-refractivity contribution in [3.63, 3.8) is 0 Å². The molecule has 0 bridgehead atoms. The van der Waals surface area contributed by atoms with E-state index in [-0.39, 0.29) is 0 Å². The van der Waals surface area contributed by atoms with Crippen molar-refractivity contribution in [1.82, 2.24) is 4.98 Å². The minimum Gasteiger partial charge on any atom is -0.353 e. The highest BCUT2D eigenvalue weighted by Crippen LogP contribution is 2.28. The minimum absolute atomic E-state index is 0.681. The highest BCUT2D eigenvalue weighted by atomic mass is 79.9. The van der Waals surface area contributed by atoms with Gasteiger partial charge in [0.1, 0.15) is 5.82 Å². The first kappa shape index (κ1) is 13.3. The number of nitrogens with zero attached hydrogens (tertiary/aromatic N) is 2. The van der Waals surface area contributed by atoms with Crippen LogP contribution in [0, 0.1) is 6.92 Å². The van der Waals surface area contributed by atoms with Crippen LogP contribution in [-0.2, 0) is 0 Å². The number of pyridine rings is 1. The molecule has 17 heavy (non-hydrogen) atoms. The summed E-state index contributed by atoms with van der Waals surface area (Å²) in [6.45, 7) is 3.09. The van der Waals surface area contributed by atoms with Crippen LogP contribution in [0.2, 0.25) is 0 Å². The van der Waals surface area contributed by atoms with Gasteiger partial charge < -0.3 is 4.90 Å². The van der Waals surface area contributed by atoms with Crippen molar-refractivity contribution < 1.29 is 0 Å². The molecule has 0 N–H and O–H groups in total. The first-order chi connectivity index (χ1) is 8.22. The van der Waals surface area contributed by atoms with E-state index in [0.29, 0.717) is 6.04 Å². The molecule has 0 atom stereocenters. The summed E-state index contributed by atoms with van der Waals surface area (Å²) in [5.41, 5.74) is 1.07. The Morgan fingerprint density at radius 1 is 1.35 bits per heavy atom. The maximum atomic E-state index is 4.69. The Balaban J connectivity index is 2.21. The van der Waals surface area contributed by atoms with Gasteiger partial charge in [0.05, 0.1) is 5.69 Å². The van der Waals surface area contributed by atoms with E-state index in [9.17, 15) is 0 Å². The molecule has 1 aliphatic carbocycles. The molecule has 1 fully saturated rings. The van der Waals surface area contributed by atoms with Gasteiger partial charge >= 0.3 is 0 Å². The number of anilines is 1. The predicted molar refractivity (Wildman–Crippen MR) is 80.1 cm³/mol. The van der Waals surface area contributed by atoms with E-state index >= 15 is 0 Å². The van der Waals surface area contributed by atoms with Crippen molar-refractivity contribution in [1.29, 1.82) is 0 Å². The molecule has 0 saturated heterocycles. The van der Waals surface area contributed by atoms with Crippen LogP contribution in [0.1, 0.15) is 31.4 Å². The third-order valence-electron chi connectivity index (χ3n) is 3.39. The highest BCUT2D eigenvalue weighted by molar-refractivity contribution is 9.10. The molecule has 0 spiro atoms. The molecule has 1 saturated carbocycles. The van der Waals surface area contributed by atoms with E-state index in [0.717, 1.165) is 27.9 Å². The highest BCUT2D eigenvalue weighted by Gasteiger charge is 2.23. The van der Waals surface area contributed by atoms with Crippen molar-refractivity contribution in [2.45, 2.75) is 38.6 Å². The van der Waals surface area contributed by atoms with E-state index in [1.165, 1.54) is 25.7 Å². The van der Waals surface area contributed by atoms with Gasteiger partial charge in [-0.3, -0.25) is 0 Å². The standard InChI is InChI=1S/C13H18Br2N2/c1-10-12(15)6-7-13(16-10)17(9-8-14)11-4-2-3-5-11/h6-7,11H,2-5,8-9H2,1H3. The van der Waals surface area contributed by atoms with Crippen molar-refractivity contribution in [2.24, 2.45) is 0 Å². The predicted octanol–water partition coefficient (Wildman–Crippen LogP) is 4.30. The SMILES string of the molecule is Cc1nc(N(CCBr)C2CCCC2)ccc1Br. The maximum Gasteiger partial charge on any atom is 0.129 e. The molecule has 0 radical (unpaired) electrons. The molecule has 1 aromatic rings. The van der Waals surface area contributed by atoms with E-state index in [2.05, 4.69) is 55.8 Å². The molecule has 1 aliphatic rings. The third-order valence-corrected chi connectivity index (χ3v) is 4.58. The van der Waals surface area contributed by atoms with E-state index in [1.807, 2.05) is 0 Å². The summed E-state index contributed by atoms with van der Waals surface area (Å²) in [7, 11) is 0. The number of hydrogen-bond donors (Lipinski definition) is 0. The largest absolute Gasteiger partial charge is 0.353 e. The van der Waals surface area contributed by atoms with Crippen LogP contribution in [-0.4, -0.2) is 22.9 Å². The molecule has 94 valence electrons. The van der Waals surface area contributed by atoms with Gasteiger partial charge in [0.25, 0.3) is 0 Å². The Labute approximate surface area is 120 Å². The second kappa shape index (κ2) is 6.19. The Bertz CT molecular complexity index is 376. The van der Waals surface area contributed by atoms with Crippen molar-refractivity contribution in [3.05, 3.63) is 22.3 Å². The Morgan fingerprint density at radius 2 is 2.06 bits per heavy atom. The zero-order valence-electron chi connectivity index (χ0n) is 10.1. The quantitative estimate of drug-likeness (QED) is 0.743. The van der Waals surface area contributed by atoms with Crippen LogP contribution in [0.25, 0.3) is 0 Å². The Morgan fingerprint density at radius 3 is 2.65 bits per heavy atom. The number of aromatic nitrogens is 1. The first-order valence-electron chi connectivity index (χ1n) is 6.18. The molecule has 2 rings (SSSR count). The monoisotopic (exact) mass is 360 g/mol. The molecule has 1 aromatic heterocycles. The lowest BCUT2D eigenvalue weighted by Gasteiger charge is -2.29. The number of hydrogen-bond acceptors (Lipinski definition) is 2. The van der Waals surface area contributed by atoms with Gasteiger partial charge in [-0.05, 0) is 47.8 Å². The summed E-state index contributed by atoms with van der Waals surface area (Å²) in [5.74, 6) is 1.12. The number of halogens is 2. The summed E-state index contributed by atoms with van der Waals surface area (Å²) in [4.78, 5) is 7.15. The lowest BCUT2D eigenvalue weighted by atomic mass is 10.2. The molecular weight excluding hydrogens is 344 g/mol. The number of aryl methyl sites for hydroxylation is 1. The van der Waals surface area contributed by atoms with E-state index < -0.39 is 0 Å². The summed E-state index contributed by atoms with van der Waals surface area (Å²) >= 11 is 7.06. The fourth-order valence-electron chi connectivity index (χ4n) is 2.48. The van der Waals surface area contributed by atoms with Crippen LogP contribution in [0.3, 0.4) is 0 Å².